The molecule has 0 N–H and O–H groups in total. The van der Waals surface area contributed by atoms with E-state index in [0.717, 1.165) is 19.4 Å². The summed E-state index contributed by atoms with van der Waals surface area (Å²) in [6.45, 7) is 7.34. The highest BCUT2D eigenvalue weighted by atomic mass is 35.5. The maximum Gasteiger partial charge on any atom is 0.223 e. The van der Waals surface area contributed by atoms with E-state index in [1.54, 1.807) is 0 Å². The molecule has 0 aliphatic carbocycles. The average Bonchev–Trinajstić information content (AvgIpc) is 2.59. The summed E-state index contributed by atoms with van der Waals surface area (Å²) in [5.41, 5.74) is 0. The van der Waals surface area contributed by atoms with Crippen molar-refractivity contribution in [1.82, 2.24) is 4.90 Å². The molecule has 1 heterocycles. The molecule has 3 heteroatoms. The van der Waals surface area contributed by atoms with E-state index in [0.29, 0.717) is 30.0 Å². The van der Waals surface area contributed by atoms with Crippen LogP contribution < -0.4 is 0 Å². The second-order valence-electron chi connectivity index (χ2n) is 4.79. The lowest BCUT2D eigenvalue weighted by molar-refractivity contribution is -0.132. The Bertz CT molecular complexity index is 220. The molecule has 0 saturated carbocycles. The van der Waals surface area contributed by atoms with Gasteiger partial charge in [-0.2, -0.15) is 0 Å². The third-order valence-electron chi connectivity index (χ3n) is 3.58. The number of hydrogen-bond donors (Lipinski definition) is 0. The fourth-order valence-electron chi connectivity index (χ4n) is 2.11. The molecule has 3 atom stereocenters. The number of likely N-dealkylation sites (tertiary alicyclic amines) is 1. The van der Waals surface area contributed by atoms with Gasteiger partial charge in [0.1, 0.15) is 0 Å². The number of rotatable bonds is 4. The Balaban J connectivity index is 2.52. The van der Waals surface area contributed by atoms with Crippen molar-refractivity contribution in [2.45, 2.75) is 46.1 Å². The van der Waals surface area contributed by atoms with Gasteiger partial charge in [-0.15, -0.1) is 11.6 Å². The lowest BCUT2D eigenvalue weighted by Crippen LogP contribution is -2.39. The van der Waals surface area contributed by atoms with Crippen LogP contribution in [0.2, 0.25) is 0 Å². The third-order valence-corrected chi connectivity index (χ3v) is 3.90. The van der Waals surface area contributed by atoms with Crippen LogP contribution in [0.1, 0.15) is 40.0 Å². The number of nitrogens with zero attached hydrogens (tertiary/aromatic N) is 1. The molecule has 1 fully saturated rings. The SMILES string of the molecule is CCC(C)CC(=O)N1CCC(C)C1CCl. The second kappa shape index (κ2) is 5.74. The van der Waals surface area contributed by atoms with Crippen LogP contribution in [0.15, 0.2) is 0 Å². The summed E-state index contributed by atoms with van der Waals surface area (Å²) in [6.07, 6.45) is 2.85. The van der Waals surface area contributed by atoms with Gasteiger partial charge in [0.15, 0.2) is 0 Å². The first-order valence-corrected chi connectivity index (χ1v) is 6.49. The largest absolute Gasteiger partial charge is 0.338 e. The van der Waals surface area contributed by atoms with Gasteiger partial charge in [-0.1, -0.05) is 27.2 Å². The van der Waals surface area contributed by atoms with Gasteiger partial charge in [-0.3, -0.25) is 4.79 Å². The van der Waals surface area contributed by atoms with Crippen molar-refractivity contribution in [2.24, 2.45) is 11.8 Å². The monoisotopic (exact) mass is 231 g/mol. The zero-order valence-corrected chi connectivity index (χ0v) is 10.8. The maximum absolute atomic E-state index is 12.0. The summed E-state index contributed by atoms with van der Waals surface area (Å²) in [7, 11) is 0. The Labute approximate surface area is 98.0 Å². The minimum atomic E-state index is 0.267. The highest BCUT2D eigenvalue weighted by Crippen LogP contribution is 2.26. The number of alkyl halides is 1. The normalized spacial score (nSPS) is 28.1. The molecule has 0 spiro atoms. The summed E-state index contributed by atoms with van der Waals surface area (Å²) in [6, 6.07) is 0.267. The summed E-state index contributed by atoms with van der Waals surface area (Å²) in [4.78, 5) is 14.0. The Morgan fingerprint density at radius 2 is 2.27 bits per heavy atom. The predicted molar refractivity (Wildman–Crippen MR) is 64.1 cm³/mol. The maximum atomic E-state index is 12.0. The fraction of sp³-hybridized carbons (Fsp3) is 0.917. The smallest absolute Gasteiger partial charge is 0.223 e. The summed E-state index contributed by atoms with van der Waals surface area (Å²) >= 11 is 5.92. The van der Waals surface area contributed by atoms with Crippen molar-refractivity contribution >= 4 is 17.5 Å². The van der Waals surface area contributed by atoms with Crippen molar-refractivity contribution in [3.8, 4) is 0 Å². The zero-order valence-electron chi connectivity index (χ0n) is 10.0. The van der Waals surface area contributed by atoms with Crippen LogP contribution in [0.4, 0.5) is 0 Å². The second-order valence-corrected chi connectivity index (χ2v) is 5.10. The molecule has 0 aromatic rings. The van der Waals surface area contributed by atoms with Crippen LogP contribution in [0.5, 0.6) is 0 Å². The van der Waals surface area contributed by atoms with E-state index < -0.39 is 0 Å². The fourth-order valence-corrected chi connectivity index (χ4v) is 2.58. The quantitative estimate of drug-likeness (QED) is 0.682. The minimum absolute atomic E-state index is 0.267. The molecule has 0 aromatic carbocycles. The first-order chi connectivity index (χ1) is 7.10. The summed E-state index contributed by atoms with van der Waals surface area (Å²) in [5.74, 6) is 1.92. The number of carbonyl (C=O) groups is 1. The van der Waals surface area contributed by atoms with E-state index in [1.165, 1.54) is 0 Å². The number of hydrogen-bond acceptors (Lipinski definition) is 1. The molecule has 15 heavy (non-hydrogen) atoms. The van der Waals surface area contributed by atoms with E-state index in [-0.39, 0.29) is 6.04 Å². The van der Waals surface area contributed by atoms with Crippen molar-refractivity contribution in [3.05, 3.63) is 0 Å². The number of carbonyl (C=O) groups excluding carboxylic acids is 1. The Hall–Kier alpha value is -0.240. The van der Waals surface area contributed by atoms with E-state index in [1.807, 2.05) is 4.90 Å². The van der Waals surface area contributed by atoms with Crippen LogP contribution in [0.3, 0.4) is 0 Å². The topological polar surface area (TPSA) is 20.3 Å². The first kappa shape index (κ1) is 12.8. The molecule has 2 nitrogen and oxygen atoms in total. The zero-order chi connectivity index (χ0) is 11.4. The lowest BCUT2D eigenvalue weighted by atomic mass is 10.0. The van der Waals surface area contributed by atoms with Gasteiger partial charge in [-0.05, 0) is 18.3 Å². The molecule has 3 unspecified atom stereocenters. The highest BCUT2D eigenvalue weighted by molar-refractivity contribution is 6.18. The van der Waals surface area contributed by atoms with Crippen LogP contribution in [-0.2, 0) is 4.79 Å². The van der Waals surface area contributed by atoms with Gasteiger partial charge >= 0.3 is 0 Å². The molecule has 88 valence electrons. The molecule has 1 saturated heterocycles. The predicted octanol–water partition coefficient (Wildman–Crippen LogP) is 2.90. The molecule has 1 rings (SSSR count). The van der Waals surface area contributed by atoms with Gasteiger partial charge in [-0.25, -0.2) is 0 Å². The standard InChI is InChI=1S/C12H22ClNO/c1-4-9(2)7-12(15)14-6-5-10(3)11(14)8-13/h9-11H,4-8H2,1-3H3. The van der Waals surface area contributed by atoms with Crippen molar-refractivity contribution < 1.29 is 4.79 Å². The van der Waals surface area contributed by atoms with E-state index in [4.69, 9.17) is 11.6 Å². The molecule has 0 radical (unpaired) electrons. The van der Waals surface area contributed by atoms with Gasteiger partial charge in [0, 0.05) is 24.9 Å². The molecular weight excluding hydrogens is 210 g/mol. The van der Waals surface area contributed by atoms with Gasteiger partial charge < -0.3 is 4.90 Å². The Morgan fingerprint density at radius 3 is 2.80 bits per heavy atom. The molecule has 1 aliphatic heterocycles. The summed E-state index contributed by atoms with van der Waals surface area (Å²) < 4.78 is 0. The Morgan fingerprint density at radius 1 is 1.60 bits per heavy atom. The van der Waals surface area contributed by atoms with Crippen molar-refractivity contribution in [3.63, 3.8) is 0 Å². The van der Waals surface area contributed by atoms with E-state index >= 15 is 0 Å². The van der Waals surface area contributed by atoms with Gasteiger partial charge in [0.05, 0.1) is 0 Å². The van der Waals surface area contributed by atoms with E-state index in [9.17, 15) is 4.79 Å². The van der Waals surface area contributed by atoms with Crippen LogP contribution in [-0.4, -0.2) is 29.3 Å². The number of amides is 1. The third kappa shape index (κ3) is 3.10. The van der Waals surface area contributed by atoms with Crippen LogP contribution in [0.25, 0.3) is 0 Å². The molecule has 0 aromatic heterocycles. The average molecular weight is 232 g/mol. The van der Waals surface area contributed by atoms with Crippen molar-refractivity contribution in [2.75, 3.05) is 12.4 Å². The molecular formula is C12H22ClNO. The van der Waals surface area contributed by atoms with Crippen LogP contribution >= 0.6 is 11.6 Å². The van der Waals surface area contributed by atoms with Gasteiger partial charge in [0.2, 0.25) is 5.91 Å². The first-order valence-electron chi connectivity index (χ1n) is 5.95. The lowest BCUT2D eigenvalue weighted by Gasteiger charge is -2.26. The van der Waals surface area contributed by atoms with E-state index in [2.05, 4.69) is 20.8 Å². The summed E-state index contributed by atoms with van der Waals surface area (Å²) in [5, 5.41) is 0. The highest BCUT2D eigenvalue weighted by Gasteiger charge is 2.33. The number of halogens is 1. The Kier molecular flexibility index (Phi) is 4.91. The molecule has 1 amide bonds. The molecule has 0 bridgehead atoms. The minimum Gasteiger partial charge on any atom is -0.338 e. The van der Waals surface area contributed by atoms with Crippen molar-refractivity contribution in [1.29, 1.82) is 0 Å². The molecule has 1 aliphatic rings. The van der Waals surface area contributed by atoms with Gasteiger partial charge in [0.25, 0.3) is 0 Å². The van der Waals surface area contributed by atoms with Crippen LogP contribution in [0, 0.1) is 11.8 Å².